The number of hydrogen-bond acceptors (Lipinski definition) is 5. The van der Waals surface area contributed by atoms with E-state index >= 15 is 0 Å². The fourth-order valence-corrected chi connectivity index (χ4v) is 5.75. The van der Waals surface area contributed by atoms with Gasteiger partial charge in [-0.2, -0.15) is 0 Å². The van der Waals surface area contributed by atoms with Gasteiger partial charge in [-0.15, -0.1) is 0 Å². The first-order chi connectivity index (χ1) is 12.9. The van der Waals surface area contributed by atoms with Gasteiger partial charge in [0, 0.05) is 18.8 Å². The first-order valence-electron chi connectivity index (χ1n) is 10.9. The summed E-state index contributed by atoms with van der Waals surface area (Å²) in [4.78, 5) is 26.1. The van der Waals surface area contributed by atoms with Crippen LogP contribution in [0.15, 0.2) is 0 Å². The van der Waals surface area contributed by atoms with Crippen LogP contribution >= 0.6 is 0 Å². The Balaban J connectivity index is 1.29. The average molecular weight is 380 g/mol. The Labute approximate surface area is 164 Å². The molecule has 0 N–H and O–H groups in total. The Morgan fingerprint density at radius 1 is 0.926 bits per heavy atom. The number of nitrogens with zero attached hydrogens (tertiary/aromatic N) is 1. The minimum absolute atomic E-state index is 0.0465. The van der Waals surface area contributed by atoms with Crippen LogP contribution < -0.4 is 0 Å². The molecule has 0 saturated heterocycles. The molecule has 1 atom stereocenters. The standard InChI is InChI=1S/C22H37NO4/c1-15(13-26-21(24)5-4-6-23(2)3)14-27-22(25)12-20-18-8-16-7-17(10-18)11-19(20)9-16/h15-20H,4-14H2,1-3H3. The van der Waals surface area contributed by atoms with E-state index in [9.17, 15) is 9.59 Å². The molecule has 27 heavy (non-hydrogen) atoms. The van der Waals surface area contributed by atoms with Crippen LogP contribution in [0.25, 0.3) is 0 Å². The zero-order valence-electron chi connectivity index (χ0n) is 17.3. The maximum absolute atomic E-state index is 12.3. The van der Waals surface area contributed by atoms with Crippen molar-refractivity contribution >= 4 is 11.9 Å². The Hall–Kier alpha value is -1.10. The van der Waals surface area contributed by atoms with Crippen molar-refractivity contribution in [2.75, 3.05) is 33.9 Å². The van der Waals surface area contributed by atoms with Crippen LogP contribution in [0.1, 0.15) is 58.3 Å². The second kappa shape index (κ2) is 9.40. The summed E-state index contributed by atoms with van der Waals surface area (Å²) in [7, 11) is 3.98. The van der Waals surface area contributed by atoms with E-state index in [1.807, 2.05) is 21.0 Å². The topological polar surface area (TPSA) is 55.8 Å². The van der Waals surface area contributed by atoms with Crippen molar-refractivity contribution < 1.29 is 19.1 Å². The number of esters is 2. The third kappa shape index (κ3) is 5.94. The SMILES string of the molecule is CC(COC(=O)CCCN(C)C)COC(=O)CC1C2CC3CC(C2)CC1C3. The molecule has 154 valence electrons. The molecular weight excluding hydrogens is 342 g/mol. The molecule has 4 fully saturated rings. The van der Waals surface area contributed by atoms with Gasteiger partial charge in [0.25, 0.3) is 0 Å². The van der Waals surface area contributed by atoms with Crippen LogP contribution in [-0.4, -0.2) is 50.7 Å². The van der Waals surface area contributed by atoms with Crippen molar-refractivity contribution in [2.24, 2.45) is 35.5 Å². The second-order valence-electron chi connectivity index (χ2n) is 9.68. The van der Waals surface area contributed by atoms with Crippen molar-refractivity contribution in [1.29, 1.82) is 0 Å². The first-order valence-corrected chi connectivity index (χ1v) is 10.9. The Morgan fingerprint density at radius 3 is 2.04 bits per heavy atom. The van der Waals surface area contributed by atoms with Gasteiger partial charge in [-0.1, -0.05) is 6.92 Å². The molecule has 1 unspecified atom stereocenters. The van der Waals surface area contributed by atoms with Gasteiger partial charge in [0.05, 0.1) is 13.2 Å². The van der Waals surface area contributed by atoms with Crippen LogP contribution in [0.2, 0.25) is 0 Å². The molecule has 0 heterocycles. The number of ether oxygens (including phenoxy) is 2. The maximum Gasteiger partial charge on any atom is 0.306 e. The number of hydrogen-bond donors (Lipinski definition) is 0. The summed E-state index contributed by atoms with van der Waals surface area (Å²) in [5.41, 5.74) is 0. The van der Waals surface area contributed by atoms with Gasteiger partial charge in [-0.05, 0) is 88.8 Å². The second-order valence-corrected chi connectivity index (χ2v) is 9.68. The number of carbonyl (C=O) groups excluding carboxylic acids is 2. The zero-order chi connectivity index (χ0) is 19.4. The lowest BCUT2D eigenvalue weighted by Gasteiger charge is -2.54. The molecule has 5 heteroatoms. The molecule has 4 rings (SSSR count). The lowest BCUT2D eigenvalue weighted by atomic mass is 9.51. The third-order valence-corrected chi connectivity index (χ3v) is 6.87. The molecule has 0 aromatic rings. The summed E-state index contributed by atoms with van der Waals surface area (Å²) < 4.78 is 10.8. The number of carbonyl (C=O) groups is 2. The summed E-state index contributed by atoms with van der Waals surface area (Å²) >= 11 is 0. The lowest BCUT2D eigenvalue weighted by Crippen LogP contribution is -2.45. The molecule has 0 amide bonds. The van der Waals surface area contributed by atoms with Crippen LogP contribution in [0.3, 0.4) is 0 Å². The molecule has 4 aliphatic carbocycles. The summed E-state index contributed by atoms with van der Waals surface area (Å²) in [6.07, 6.45) is 8.63. The summed E-state index contributed by atoms with van der Waals surface area (Å²) in [5, 5.41) is 0. The van der Waals surface area contributed by atoms with Crippen LogP contribution in [0, 0.1) is 35.5 Å². The molecule has 4 aliphatic rings. The Kier molecular flexibility index (Phi) is 7.18. The fourth-order valence-electron chi connectivity index (χ4n) is 5.75. The predicted molar refractivity (Wildman–Crippen MR) is 104 cm³/mol. The number of rotatable bonds is 10. The van der Waals surface area contributed by atoms with Crippen molar-refractivity contribution in [3.05, 3.63) is 0 Å². The van der Waals surface area contributed by atoms with Gasteiger partial charge in [0.1, 0.15) is 0 Å². The van der Waals surface area contributed by atoms with Gasteiger partial charge in [0.2, 0.25) is 0 Å². The van der Waals surface area contributed by atoms with E-state index in [1.54, 1.807) is 0 Å². The highest BCUT2D eigenvalue weighted by molar-refractivity contribution is 5.70. The molecule has 5 nitrogen and oxygen atoms in total. The van der Waals surface area contributed by atoms with E-state index in [0.29, 0.717) is 32.0 Å². The zero-order valence-corrected chi connectivity index (χ0v) is 17.3. The van der Waals surface area contributed by atoms with E-state index in [2.05, 4.69) is 4.90 Å². The van der Waals surface area contributed by atoms with E-state index in [0.717, 1.165) is 36.6 Å². The maximum atomic E-state index is 12.3. The minimum atomic E-state index is -0.163. The van der Waals surface area contributed by atoms with Gasteiger partial charge < -0.3 is 14.4 Å². The quantitative estimate of drug-likeness (QED) is 0.544. The third-order valence-electron chi connectivity index (χ3n) is 6.87. The average Bonchev–Trinajstić information content (AvgIpc) is 2.60. The van der Waals surface area contributed by atoms with Crippen LogP contribution in [-0.2, 0) is 19.1 Å². The molecule has 4 saturated carbocycles. The molecule has 0 aromatic carbocycles. The summed E-state index contributed by atoms with van der Waals surface area (Å²) in [6, 6.07) is 0. The molecule has 0 spiro atoms. The van der Waals surface area contributed by atoms with Crippen LogP contribution in [0.5, 0.6) is 0 Å². The largest absolute Gasteiger partial charge is 0.465 e. The van der Waals surface area contributed by atoms with Crippen molar-refractivity contribution in [3.8, 4) is 0 Å². The first kappa shape index (κ1) is 20.6. The molecule has 0 radical (unpaired) electrons. The highest BCUT2D eigenvalue weighted by Gasteiger charge is 2.48. The Morgan fingerprint density at radius 2 is 1.48 bits per heavy atom. The minimum Gasteiger partial charge on any atom is -0.465 e. The van der Waals surface area contributed by atoms with E-state index in [4.69, 9.17) is 9.47 Å². The van der Waals surface area contributed by atoms with Crippen molar-refractivity contribution in [1.82, 2.24) is 4.90 Å². The van der Waals surface area contributed by atoms with Crippen molar-refractivity contribution in [2.45, 2.75) is 58.3 Å². The van der Waals surface area contributed by atoms with Crippen LogP contribution in [0.4, 0.5) is 0 Å². The lowest BCUT2D eigenvalue weighted by molar-refractivity contribution is -0.152. The predicted octanol–water partition coefficient (Wildman–Crippen LogP) is 3.51. The van der Waals surface area contributed by atoms with E-state index in [-0.39, 0.29) is 17.9 Å². The molecular formula is C22H37NO4. The summed E-state index contributed by atoms with van der Waals surface area (Å²) in [6.45, 7) is 3.51. The summed E-state index contributed by atoms with van der Waals surface area (Å²) in [5.74, 6) is 3.77. The van der Waals surface area contributed by atoms with Gasteiger partial charge >= 0.3 is 11.9 Å². The highest BCUT2D eigenvalue weighted by atomic mass is 16.5. The van der Waals surface area contributed by atoms with E-state index in [1.165, 1.54) is 32.1 Å². The fraction of sp³-hybridized carbons (Fsp3) is 0.909. The Bertz CT molecular complexity index is 490. The smallest absolute Gasteiger partial charge is 0.306 e. The molecule has 4 bridgehead atoms. The van der Waals surface area contributed by atoms with Gasteiger partial charge in [-0.3, -0.25) is 9.59 Å². The monoisotopic (exact) mass is 379 g/mol. The van der Waals surface area contributed by atoms with E-state index < -0.39 is 0 Å². The van der Waals surface area contributed by atoms with Gasteiger partial charge in [-0.25, -0.2) is 0 Å². The van der Waals surface area contributed by atoms with Gasteiger partial charge in [0.15, 0.2) is 0 Å². The van der Waals surface area contributed by atoms with Crippen molar-refractivity contribution in [3.63, 3.8) is 0 Å². The normalized spacial score (nSPS) is 32.5. The highest BCUT2D eigenvalue weighted by Crippen LogP contribution is 2.57. The molecule has 0 aliphatic heterocycles. The molecule has 0 aromatic heterocycles.